The van der Waals surface area contributed by atoms with E-state index in [2.05, 4.69) is 17.1 Å². The highest BCUT2D eigenvalue weighted by atomic mass is 35.5. The van der Waals surface area contributed by atoms with E-state index in [0.29, 0.717) is 5.02 Å². The molecule has 0 aliphatic heterocycles. The number of rotatable bonds is 2. The molecule has 1 aromatic heterocycles. The average Bonchev–Trinajstić information content (AvgIpc) is 2.45. The highest BCUT2D eigenvalue weighted by Crippen LogP contribution is 2.28. The summed E-state index contributed by atoms with van der Waals surface area (Å²) in [6.45, 7) is 2.02. The fraction of sp³-hybridized carbons (Fsp3) is 0.118. The molecule has 3 aromatic rings. The highest BCUT2D eigenvalue weighted by Gasteiger charge is 2.13. The molecule has 2 nitrogen and oxygen atoms in total. The highest BCUT2D eigenvalue weighted by molar-refractivity contribution is 6.30. The van der Waals surface area contributed by atoms with Crippen molar-refractivity contribution in [3.63, 3.8) is 0 Å². The van der Waals surface area contributed by atoms with Gasteiger partial charge in [0.15, 0.2) is 0 Å². The second-order valence-electron chi connectivity index (χ2n) is 4.99. The summed E-state index contributed by atoms with van der Waals surface area (Å²) in [7, 11) is 0. The number of pyridine rings is 1. The minimum Gasteiger partial charge on any atom is -0.320 e. The second-order valence-corrected chi connectivity index (χ2v) is 5.43. The SMILES string of the molecule is Cc1cc(Cl)cc(C(N)c2cncc3ccccc23)c1. The van der Waals surface area contributed by atoms with E-state index in [1.807, 2.05) is 49.6 Å². The zero-order chi connectivity index (χ0) is 14.1. The van der Waals surface area contributed by atoms with Crippen LogP contribution in [0.2, 0.25) is 5.02 Å². The quantitative estimate of drug-likeness (QED) is 0.763. The lowest BCUT2D eigenvalue weighted by molar-refractivity contribution is 0.872. The van der Waals surface area contributed by atoms with Crippen molar-refractivity contribution in [2.75, 3.05) is 0 Å². The van der Waals surface area contributed by atoms with Crippen LogP contribution < -0.4 is 5.73 Å². The Balaban J connectivity index is 2.15. The molecule has 0 aliphatic rings. The van der Waals surface area contributed by atoms with Gasteiger partial charge in [-0.1, -0.05) is 41.9 Å². The lowest BCUT2D eigenvalue weighted by Gasteiger charge is -2.15. The Morgan fingerprint density at radius 3 is 2.70 bits per heavy atom. The van der Waals surface area contributed by atoms with Crippen LogP contribution in [0, 0.1) is 6.92 Å². The fourth-order valence-electron chi connectivity index (χ4n) is 2.51. The number of hydrogen-bond donors (Lipinski definition) is 1. The molecule has 1 unspecified atom stereocenters. The van der Waals surface area contributed by atoms with Crippen molar-refractivity contribution in [1.82, 2.24) is 4.98 Å². The number of halogens is 1. The van der Waals surface area contributed by atoms with E-state index in [4.69, 9.17) is 17.3 Å². The minimum atomic E-state index is -0.231. The fourth-order valence-corrected chi connectivity index (χ4v) is 2.81. The van der Waals surface area contributed by atoms with Crippen molar-refractivity contribution in [2.45, 2.75) is 13.0 Å². The van der Waals surface area contributed by atoms with Crippen molar-refractivity contribution in [1.29, 1.82) is 0 Å². The average molecular weight is 283 g/mol. The molecule has 0 amide bonds. The van der Waals surface area contributed by atoms with Crippen LogP contribution in [0.5, 0.6) is 0 Å². The smallest absolute Gasteiger partial charge is 0.0573 e. The maximum absolute atomic E-state index is 6.42. The summed E-state index contributed by atoms with van der Waals surface area (Å²) in [4.78, 5) is 4.29. The van der Waals surface area contributed by atoms with Gasteiger partial charge >= 0.3 is 0 Å². The number of hydrogen-bond acceptors (Lipinski definition) is 2. The molecule has 0 radical (unpaired) electrons. The number of aromatic nitrogens is 1. The van der Waals surface area contributed by atoms with Crippen LogP contribution in [-0.2, 0) is 0 Å². The molecular formula is C17H15ClN2. The van der Waals surface area contributed by atoms with Crippen LogP contribution in [0.25, 0.3) is 10.8 Å². The minimum absolute atomic E-state index is 0.231. The van der Waals surface area contributed by atoms with E-state index in [-0.39, 0.29) is 6.04 Å². The van der Waals surface area contributed by atoms with Crippen molar-refractivity contribution >= 4 is 22.4 Å². The van der Waals surface area contributed by atoms with Crippen LogP contribution in [-0.4, -0.2) is 4.98 Å². The van der Waals surface area contributed by atoms with Gasteiger partial charge in [-0.3, -0.25) is 4.98 Å². The van der Waals surface area contributed by atoms with Crippen molar-refractivity contribution < 1.29 is 0 Å². The molecule has 0 fully saturated rings. The Hall–Kier alpha value is -1.90. The van der Waals surface area contributed by atoms with Crippen LogP contribution in [0.15, 0.2) is 54.9 Å². The number of aryl methyl sites for hydroxylation is 1. The van der Waals surface area contributed by atoms with Gasteiger partial charge in [0.1, 0.15) is 0 Å². The molecule has 2 N–H and O–H groups in total. The van der Waals surface area contributed by atoms with Crippen LogP contribution in [0.1, 0.15) is 22.7 Å². The second kappa shape index (κ2) is 5.23. The van der Waals surface area contributed by atoms with Gasteiger partial charge in [0, 0.05) is 22.8 Å². The van der Waals surface area contributed by atoms with Gasteiger partial charge in [-0.2, -0.15) is 0 Å². The van der Waals surface area contributed by atoms with Gasteiger partial charge in [-0.15, -0.1) is 0 Å². The molecule has 20 heavy (non-hydrogen) atoms. The van der Waals surface area contributed by atoms with Gasteiger partial charge in [0.25, 0.3) is 0 Å². The summed E-state index contributed by atoms with van der Waals surface area (Å²) in [5.74, 6) is 0. The molecule has 0 saturated heterocycles. The van der Waals surface area contributed by atoms with Gasteiger partial charge in [-0.25, -0.2) is 0 Å². The molecule has 0 aliphatic carbocycles. The van der Waals surface area contributed by atoms with E-state index in [0.717, 1.165) is 27.5 Å². The maximum Gasteiger partial charge on any atom is 0.0573 e. The first kappa shape index (κ1) is 13.1. The van der Waals surface area contributed by atoms with E-state index in [1.54, 1.807) is 0 Å². The van der Waals surface area contributed by atoms with Crippen LogP contribution in [0.3, 0.4) is 0 Å². The summed E-state index contributed by atoms with van der Waals surface area (Å²) in [5.41, 5.74) is 9.55. The van der Waals surface area contributed by atoms with E-state index in [9.17, 15) is 0 Å². The zero-order valence-corrected chi connectivity index (χ0v) is 11.9. The monoisotopic (exact) mass is 282 g/mol. The van der Waals surface area contributed by atoms with Crippen LogP contribution >= 0.6 is 11.6 Å². The molecule has 1 heterocycles. The van der Waals surface area contributed by atoms with E-state index in [1.165, 1.54) is 0 Å². The number of fused-ring (bicyclic) bond motifs is 1. The lowest BCUT2D eigenvalue weighted by atomic mass is 9.95. The molecule has 0 saturated carbocycles. The predicted octanol–water partition coefficient (Wildman–Crippen LogP) is 4.24. The number of nitrogens with zero attached hydrogens (tertiary/aromatic N) is 1. The lowest BCUT2D eigenvalue weighted by Crippen LogP contribution is -2.13. The van der Waals surface area contributed by atoms with Crippen LogP contribution in [0.4, 0.5) is 0 Å². The summed E-state index contributed by atoms with van der Waals surface area (Å²) in [5, 5.41) is 2.94. The standard InChI is InChI=1S/C17H15ClN2/c1-11-6-13(8-14(18)7-11)17(19)16-10-20-9-12-4-2-3-5-15(12)16/h2-10,17H,19H2,1H3. The molecule has 0 bridgehead atoms. The third-order valence-electron chi connectivity index (χ3n) is 3.46. The first-order chi connectivity index (χ1) is 9.65. The topological polar surface area (TPSA) is 38.9 Å². The third-order valence-corrected chi connectivity index (χ3v) is 3.68. The van der Waals surface area contributed by atoms with Gasteiger partial charge in [0.05, 0.1) is 6.04 Å². The normalized spacial score (nSPS) is 12.6. The Kier molecular flexibility index (Phi) is 3.43. The van der Waals surface area contributed by atoms with Gasteiger partial charge in [-0.05, 0) is 41.1 Å². The molecule has 1 atom stereocenters. The first-order valence-corrected chi connectivity index (χ1v) is 6.88. The van der Waals surface area contributed by atoms with Crippen molar-refractivity contribution in [3.05, 3.63) is 76.6 Å². The Morgan fingerprint density at radius 1 is 1.10 bits per heavy atom. The van der Waals surface area contributed by atoms with E-state index >= 15 is 0 Å². The maximum atomic E-state index is 6.42. The molecule has 3 rings (SSSR count). The van der Waals surface area contributed by atoms with Crippen molar-refractivity contribution in [2.24, 2.45) is 5.73 Å². The zero-order valence-electron chi connectivity index (χ0n) is 11.2. The summed E-state index contributed by atoms with van der Waals surface area (Å²) < 4.78 is 0. The van der Waals surface area contributed by atoms with E-state index < -0.39 is 0 Å². The van der Waals surface area contributed by atoms with Gasteiger partial charge < -0.3 is 5.73 Å². The molecule has 3 heteroatoms. The predicted molar refractivity (Wildman–Crippen MR) is 84.0 cm³/mol. The molecular weight excluding hydrogens is 268 g/mol. The first-order valence-electron chi connectivity index (χ1n) is 6.50. The molecule has 100 valence electrons. The van der Waals surface area contributed by atoms with Gasteiger partial charge in [0.2, 0.25) is 0 Å². The summed E-state index contributed by atoms with van der Waals surface area (Å²) in [6.07, 6.45) is 3.69. The number of benzene rings is 2. The third kappa shape index (κ3) is 2.40. The van der Waals surface area contributed by atoms with Crippen molar-refractivity contribution in [3.8, 4) is 0 Å². The Labute approximate surface area is 123 Å². The largest absolute Gasteiger partial charge is 0.320 e. The molecule has 2 aromatic carbocycles. The number of nitrogens with two attached hydrogens (primary N) is 1. The summed E-state index contributed by atoms with van der Waals surface area (Å²) in [6, 6.07) is 13.8. The molecule has 0 spiro atoms. The Bertz CT molecular complexity index is 742. The summed E-state index contributed by atoms with van der Waals surface area (Å²) >= 11 is 6.13. The Morgan fingerprint density at radius 2 is 1.90 bits per heavy atom.